The molecule has 4 N–H and O–H groups in total. The number of carbonyl (C=O) groups excluding carboxylic acids is 2. The number of amides is 2. The smallest absolute Gasteiger partial charge is 0.279 e. The summed E-state index contributed by atoms with van der Waals surface area (Å²) >= 11 is 0. The molecule has 0 saturated carbocycles. The highest BCUT2D eigenvalue weighted by Crippen LogP contribution is 2.10. The van der Waals surface area contributed by atoms with Crippen LogP contribution in [0, 0.1) is 0 Å². The Balaban J connectivity index is 1.72. The second kappa shape index (κ2) is 8.92. The predicted octanol–water partition coefficient (Wildman–Crippen LogP) is 1.09. The van der Waals surface area contributed by atoms with Gasteiger partial charge in [-0.05, 0) is 42.0 Å². The van der Waals surface area contributed by atoms with Crippen LogP contribution in [0.15, 0.2) is 53.7 Å². The van der Waals surface area contributed by atoms with Crippen LogP contribution in [0.25, 0.3) is 0 Å². The van der Waals surface area contributed by atoms with E-state index in [0.29, 0.717) is 5.69 Å². The third kappa shape index (κ3) is 5.54. The molecule has 0 aliphatic carbocycles. The van der Waals surface area contributed by atoms with Gasteiger partial charge in [0.15, 0.2) is 6.61 Å². The van der Waals surface area contributed by atoms with Gasteiger partial charge in [0.1, 0.15) is 5.75 Å². The van der Waals surface area contributed by atoms with Gasteiger partial charge in [0, 0.05) is 5.69 Å². The second-order valence-electron chi connectivity index (χ2n) is 4.87. The van der Waals surface area contributed by atoms with E-state index in [4.69, 9.17) is 15.3 Å². The van der Waals surface area contributed by atoms with Crippen LogP contribution in [-0.4, -0.2) is 31.7 Å². The Kier molecular flexibility index (Phi) is 6.35. The third-order valence-corrected chi connectivity index (χ3v) is 3.11. The van der Waals surface area contributed by atoms with Crippen molar-refractivity contribution < 1.29 is 19.2 Å². The molecule has 0 radical (unpaired) electrons. The Morgan fingerprint density at radius 2 is 1.84 bits per heavy atom. The van der Waals surface area contributed by atoms with Crippen LogP contribution >= 0.6 is 0 Å². The molecule has 0 fully saturated rings. The van der Waals surface area contributed by atoms with Gasteiger partial charge in [-0.1, -0.05) is 17.3 Å². The summed E-state index contributed by atoms with van der Waals surface area (Å²) in [5, 5.41) is 3.68. The zero-order valence-corrected chi connectivity index (χ0v) is 13.6. The molecule has 0 aromatic heterocycles. The molecule has 0 saturated heterocycles. The molecule has 0 aliphatic heterocycles. The van der Waals surface area contributed by atoms with E-state index in [1.807, 2.05) is 0 Å². The minimum atomic E-state index is -0.560. The van der Waals surface area contributed by atoms with Crippen LogP contribution in [0.2, 0.25) is 0 Å². The largest absolute Gasteiger partial charge is 0.497 e. The summed E-state index contributed by atoms with van der Waals surface area (Å²) in [6.07, 6.45) is 1.45. The summed E-state index contributed by atoms with van der Waals surface area (Å²) in [4.78, 5) is 28.3. The van der Waals surface area contributed by atoms with Crippen LogP contribution in [-0.2, 0) is 9.63 Å². The molecule has 0 spiro atoms. The lowest BCUT2D eigenvalue weighted by Gasteiger charge is -2.08. The van der Waals surface area contributed by atoms with Gasteiger partial charge in [0.25, 0.3) is 11.8 Å². The number of hydrazine groups is 1. The van der Waals surface area contributed by atoms with Gasteiger partial charge in [0.2, 0.25) is 0 Å². The molecule has 2 rings (SSSR count). The van der Waals surface area contributed by atoms with Crippen molar-refractivity contribution in [1.29, 1.82) is 0 Å². The zero-order valence-electron chi connectivity index (χ0n) is 13.6. The normalized spacial score (nSPS) is 10.3. The van der Waals surface area contributed by atoms with Gasteiger partial charge in [-0.3, -0.25) is 20.4 Å². The monoisotopic (exact) mass is 342 g/mol. The maximum absolute atomic E-state index is 11.9. The predicted molar refractivity (Wildman–Crippen MR) is 93.0 cm³/mol. The SMILES string of the molecule is COc1ccc(/C=N/OCC(=O)NNC(=O)c2ccccc2N)cc1. The molecule has 2 amide bonds. The molecule has 0 aliphatic rings. The maximum atomic E-state index is 11.9. The Morgan fingerprint density at radius 3 is 2.52 bits per heavy atom. The number of oxime groups is 1. The van der Waals surface area contributed by atoms with Gasteiger partial charge in [-0.25, -0.2) is 0 Å². The molecule has 0 unspecified atom stereocenters. The fourth-order valence-corrected chi connectivity index (χ4v) is 1.82. The van der Waals surface area contributed by atoms with Crippen LogP contribution in [0.5, 0.6) is 5.75 Å². The minimum Gasteiger partial charge on any atom is -0.497 e. The molecule has 0 bridgehead atoms. The number of nitrogens with one attached hydrogen (secondary N) is 2. The maximum Gasteiger partial charge on any atom is 0.279 e. The van der Waals surface area contributed by atoms with Gasteiger partial charge < -0.3 is 15.3 Å². The van der Waals surface area contributed by atoms with Crippen LogP contribution < -0.4 is 21.3 Å². The number of benzene rings is 2. The molecule has 0 atom stereocenters. The van der Waals surface area contributed by atoms with E-state index in [0.717, 1.165) is 11.3 Å². The number of hydrogen-bond donors (Lipinski definition) is 3. The first-order valence-corrected chi connectivity index (χ1v) is 7.33. The lowest BCUT2D eigenvalue weighted by Crippen LogP contribution is -2.43. The van der Waals surface area contributed by atoms with E-state index in [9.17, 15) is 9.59 Å². The van der Waals surface area contributed by atoms with Crippen molar-refractivity contribution in [1.82, 2.24) is 10.9 Å². The number of anilines is 1. The summed E-state index contributed by atoms with van der Waals surface area (Å²) in [5.74, 6) is -0.352. The molecule has 8 heteroatoms. The molecule has 130 valence electrons. The Labute approximate surface area is 144 Å². The van der Waals surface area contributed by atoms with Crippen molar-refractivity contribution in [2.45, 2.75) is 0 Å². The number of nitrogen functional groups attached to an aromatic ring is 1. The van der Waals surface area contributed by atoms with Crippen LogP contribution in [0.4, 0.5) is 5.69 Å². The van der Waals surface area contributed by atoms with Crippen molar-refractivity contribution in [3.63, 3.8) is 0 Å². The van der Waals surface area contributed by atoms with E-state index >= 15 is 0 Å². The topological polar surface area (TPSA) is 115 Å². The summed E-state index contributed by atoms with van der Waals surface area (Å²) in [6.45, 7) is -0.350. The van der Waals surface area contributed by atoms with Crippen molar-refractivity contribution in [2.75, 3.05) is 19.5 Å². The summed E-state index contributed by atoms with van der Waals surface area (Å²) in [7, 11) is 1.58. The van der Waals surface area contributed by atoms with Crippen molar-refractivity contribution in [3.05, 3.63) is 59.7 Å². The molecule has 2 aromatic carbocycles. The fraction of sp³-hybridized carbons (Fsp3) is 0.118. The first-order valence-electron chi connectivity index (χ1n) is 7.33. The van der Waals surface area contributed by atoms with Crippen LogP contribution in [0.1, 0.15) is 15.9 Å². The molecule has 8 nitrogen and oxygen atoms in total. The Morgan fingerprint density at radius 1 is 1.12 bits per heavy atom. The van der Waals surface area contributed by atoms with E-state index in [-0.39, 0.29) is 12.2 Å². The number of hydrogen-bond acceptors (Lipinski definition) is 6. The first kappa shape index (κ1) is 17.8. The number of rotatable bonds is 6. The Bertz CT molecular complexity index is 759. The zero-order chi connectivity index (χ0) is 18.1. The number of ether oxygens (including phenoxy) is 1. The van der Waals surface area contributed by atoms with Crippen molar-refractivity contribution in [2.24, 2.45) is 5.16 Å². The average molecular weight is 342 g/mol. The minimum absolute atomic E-state index is 0.265. The van der Waals surface area contributed by atoms with Gasteiger partial charge >= 0.3 is 0 Å². The van der Waals surface area contributed by atoms with Gasteiger partial charge in [-0.15, -0.1) is 0 Å². The number of nitrogens with two attached hydrogens (primary N) is 1. The lowest BCUT2D eigenvalue weighted by molar-refractivity contribution is -0.126. The summed E-state index contributed by atoms with van der Waals surface area (Å²) in [5.41, 5.74) is 11.5. The van der Waals surface area contributed by atoms with E-state index < -0.39 is 11.8 Å². The van der Waals surface area contributed by atoms with Gasteiger partial charge in [-0.2, -0.15) is 0 Å². The second-order valence-corrected chi connectivity index (χ2v) is 4.87. The number of methoxy groups -OCH3 is 1. The molecule has 25 heavy (non-hydrogen) atoms. The van der Waals surface area contributed by atoms with Gasteiger partial charge in [0.05, 0.1) is 18.9 Å². The quantitative estimate of drug-likeness (QED) is 0.413. The molecular weight excluding hydrogens is 324 g/mol. The first-order chi connectivity index (χ1) is 12.1. The lowest BCUT2D eigenvalue weighted by atomic mass is 10.2. The Hall–Kier alpha value is -3.55. The number of para-hydroxylation sites is 1. The molecule has 0 heterocycles. The molecular formula is C17H18N4O4. The van der Waals surface area contributed by atoms with E-state index in [1.54, 1.807) is 55.6 Å². The fourth-order valence-electron chi connectivity index (χ4n) is 1.82. The van der Waals surface area contributed by atoms with E-state index in [2.05, 4.69) is 16.0 Å². The number of carbonyl (C=O) groups is 2. The van der Waals surface area contributed by atoms with Crippen molar-refractivity contribution in [3.8, 4) is 5.75 Å². The standard InChI is InChI=1S/C17H18N4O4/c1-24-13-8-6-12(7-9-13)10-19-25-11-16(22)20-21-17(23)14-4-2-3-5-15(14)18/h2-10H,11,18H2,1H3,(H,20,22)(H,21,23)/b19-10+. The summed E-state index contributed by atoms with van der Waals surface area (Å²) < 4.78 is 5.04. The van der Waals surface area contributed by atoms with E-state index in [1.165, 1.54) is 6.21 Å². The van der Waals surface area contributed by atoms with Crippen LogP contribution in [0.3, 0.4) is 0 Å². The summed E-state index contributed by atoms with van der Waals surface area (Å²) in [6, 6.07) is 13.6. The third-order valence-electron chi connectivity index (χ3n) is 3.11. The van der Waals surface area contributed by atoms with Crippen molar-refractivity contribution >= 4 is 23.7 Å². The highest BCUT2D eigenvalue weighted by molar-refractivity contribution is 5.99. The average Bonchev–Trinajstić information content (AvgIpc) is 2.64. The molecule has 2 aromatic rings. The number of nitrogens with zero attached hydrogens (tertiary/aromatic N) is 1. The highest BCUT2D eigenvalue weighted by atomic mass is 16.6. The highest BCUT2D eigenvalue weighted by Gasteiger charge is 2.09.